The van der Waals surface area contributed by atoms with E-state index in [0.29, 0.717) is 6.54 Å². The average Bonchev–Trinajstić information content (AvgIpc) is 2.97. The number of hydrogen-bond acceptors (Lipinski definition) is 2. The summed E-state index contributed by atoms with van der Waals surface area (Å²) in [5, 5.41) is 15.0. The summed E-state index contributed by atoms with van der Waals surface area (Å²) in [6.45, 7) is 3.22. The van der Waals surface area contributed by atoms with Crippen molar-refractivity contribution in [2.24, 2.45) is 0 Å². The van der Waals surface area contributed by atoms with E-state index in [1.807, 2.05) is 54.1 Å². The number of fused-ring (bicyclic) bond motifs is 1. The lowest BCUT2D eigenvalue weighted by molar-refractivity contribution is 0.130. The van der Waals surface area contributed by atoms with Crippen LogP contribution in [0.3, 0.4) is 0 Å². The van der Waals surface area contributed by atoms with E-state index in [9.17, 15) is 9.50 Å². The minimum atomic E-state index is -0.660. The van der Waals surface area contributed by atoms with Crippen molar-refractivity contribution in [1.82, 2.24) is 9.88 Å². The van der Waals surface area contributed by atoms with Crippen molar-refractivity contribution in [2.45, 2.75) is 19.1 Å². The fraction of sp³-hybridized carbons (Fsp3) is 0.263. The second-order valence-electron chi connectivity index (χ2n) is 5.66. The second kappa shape index (κ2) is 6.94. The summed E-state index contributed by atoms with van der Waals surface area (Å²) < 4.78 is 15.7. The molecule has 0 saturated heterocycles. The predicted octanol–water partition coefficient (Wildman–Crippen LogP) is 3.34. The number of nitrogens with zero attached hydrogens (tertiary/aromatic N) is 1. The number of para-hydroxylation sites is 1. The smallest absolute Gasteiger partial charge is 0.123 e. The van der Waals surface area contributed by atoms with Gasteiger partial charge < -0.3 is 15.0 Å². The lowest BCUT2D eigenvalue weighted by Crippen LogP contribution is -2.34. The van der Waals surface area contributed by atoms with E-state index in [4.69, 9.17) is 0 Å². The Morgan fingerprint density at radius 3 is 2.74 bits per heavy atom. The monoisotopic (exact) mass is 312 g/mol. The van der Waals surface area contributed by atoms with E-state index in [-0.39, 0.29) is 11.9 Å². The predicted molar refractivity (Wildman–Crippen MR) is 91.0 cm³/mol. The lowest BCUT2D eigenvalue weighted by Gasteiger charge is -2.26. The van der Waals surface area contributed by atoms with Crippen LogP contribution in [0.5, 0.6) is 0 Å². The van der Waals surface area contributed by atoms with Gasteiger partial charge in [-0.1, -0.05) is 37.3 Å². The highest BCUT2D eigenvalue weighted by atomic mass is 19.1. The number of hydrogen-bond donors (Lipinski definition) is 2. The zero-order chi connectivity index (χ0) is 16.2. The topological polar surface area (TPSA) is 37.2 Å². The van der Waals surface area contributed by atoms with E-state index in [0.717, 1.165) is 23.0 Å². The summed E-state index contributed by atoms with van der Waals surface area (Å²) in [6, 6.07) is 16.1. The molecule has 3 nitrogen and oxygen atoms in total. The number of aliphatic hydroxyl groups excluding tert-OH is 1. The summed E-state index contributed by atoms with van der Waals surface area (Å²) in [7, 11) is 0. The van der Waals surface area contributed by atoms with Crippen LogP contribution in [0.2, 0.25) is 0 Å². The van der Waals surface area contributed by atoms with Crippen LogP contribution in [-0.4, -0.2) is 28.9 Å². The molecule has 0 spiro atoms. The van der Waals surface area contributed by atoms with Gasteiger partial charge in [-0.2, -0.15) is 0 Å². The first kappa shape index (κ1) is 15.7. The maximum absolute atomic E-state index is 13.7. The molecule has 2 N–H and O–H groups in total. The lowest BCUT2D eigenvalue weighted by atomic mass is 10.0. The molecule has 2 atom stereocenters. The van der Waals surface area contributed by atoms with E-state index < -0.39 is 6.10 Å². The average molecular weight is 312 g/mol. The van der Waals surface area contributed by atoms with Crippen LogP contribution in [-0.2, 0) is 0 Å². The number of benzene rings is 2. The third-order valence-corrected chi connectivity index (χ3v) is 4.09. The number of nitrogens with one attached hydrogen (secondary N) is 1. The van der Waals surface area contributed by atoms with Crippen LogP contribution in [0.25, 0.3) is 10.9 Å². The van der Waals surface area contributed by atoms with Crippen LogP contribution in [0.1, 0.15) is 18.5 Å². The minimum Gasteiger partial charge on any atom is -0.389 e. The molecular formula is C19H21FN2O. The molecule has 3 aromatic rings. The van der Waals surface area contributed by atoms with Crippen LogP contribution in [0.15, 0.2) is 60.8 Å². The van der Waals surface area contributed by atoms with E-state index in [1.54, 1.807) is 6.07 Å². The normalized spacial score (nSPS) is 14.0. The first-order chi connectivity index (χ1) is 11.2. The Morgan fingerprint density at radius 2 is 1.96 bits per heavy atom. The fourth-order valence-corrected chi connectivity index (χ4v) is 3.01. The highest BCUT2D eigenvalue weighted by Crippen LogP contribution is 2.28. The Morgan fingerprint density at radius 1 is 1.13 bits per heavy atom. The molecule has 1 heterocycles. The van der Waals surface area contributed by atoms with Gasteiger partial charge in [-0.05, 0) is 41.8 Å². The van der Waals surface area contributed by atoms with Crippen LogP contribution in [0, 0.1) is 5.82 Å². The van der Waals surface area contributed by atoms with Gasteiger partial charge in [0.2, 0.25) is 0 Å². The van der Waals surface area contributed by atoms with Crippen molar-refractivity contribution in [3.63, 3.8) is 0 Å². The van der Waals surface area contributed by atoms with Gasteiger partial charge in [0.1, 0.15) is 5.82 Å². The van der Waals surface area contributed by atoms with Gasteiger partial charge in [0.15, 0.2) is 0 Å². The Hall–Kier alpha value is -2.17. The van der Waals surface area contributed by atoms with Crippen LogP contribution >= 0.6 is 0 Å². The molecule has 0 aliphatic rings. The van der Waals surface area contributed by atoms with Crippen LogP contribution in [0.4, 0.5) is 4.39 Å². The standard InChI is InChI=1S/C19H21FN2O/c1-2-21-13-18(23)19(15-7-5-8-16(20)12-15)22-11-10-14-6-3-4-9-17(14)22/h3-12,18-19,21,23H,2,13H2,1H3/t18-,19+/m1/s1. The Balaban J connectivity index is 2.07. The molecule has 0 amide bonds. The van der Waals surface area contributed by atoms with E-state index >= 15 is 0 Å². The van der Waals surface area contributed by atoms with Crippen molar-refractivity contribution < 1.29 is 9.50 Å². The fourth-order valence-electron chi connectivity index (χ4n) is 3.01. The molecule has 1 aromatic heterocycles. The zero-order valence-corrected chi connectivity index (χ0v) is 13.1. The molecule has 0 unspecified atom stereocenters. The maximum atomic E-state index is 13.7. The molecule has 0 saturated carbocycles. The number of rotatable bonds is 6. The first-order valence-electron chi connectivity index (χ1n) is 7.90. The van der Waals surface area contributed by atoms with Gasteiger partial charge in [0.05, 0.1) is 12.1 Å². The largest absolute Gasteiger partial charge is 0.389 e. The Bertz CT molecular complexity index is 784. The molecule has 4 heteroatoms. The molecule has 120 valence electrons. The molecule has 23 heavy (non-hydrogen) atoms. The number of aliphatic hydroxyl groups is 1. The summed E-state index contributed by atoms with van der Waals surface area (Å²) in [5.74, 6) is -0.292. The molecule has 0 fully saturated rings. The highest BCUT2D eigenvalue weighted by molar-refractivity contribution is 5.80. The van der Waals surface area contributed by atoms with E-state index in [1.165, 1.54) is 12.1 Å². The summed E-state index contributed by atoms with van der Waals surface area (Å²) in [4.78, 5) is 0. The molecule has 3 rings (SSSR count). The van der Waals surface area contributed by atoms with E-state index in [2.05, 4.69) is 5.32 Å². The van der Waals surface area contributed by atoms with Crippen molar-refractivity contribution in [1.29, 1.82) is 0 Å². The van der Waals surface area contributed by atoms with Crippen molar-refractivity contribution in [3.05, 3.63) is 72.2 Å². The second-order valence-corrected chi connectivity index (χ2v) is 5.66. The molecule has 2 aromatic carbocycles. The Kier molecular flexibility index (Phi) is 4.74. The van der Waals surface area contributed by atoms with Crippen LogP contribution < -0.4 is 5.32 Å². The summed E-state index contributed by atoms with van der Waals surface area (Å²) in [6.07, 6.45) is 1.29. The first-order valence-corrected chi connectivity index (χ1v) is 7.90. The van der Waals surface area contributed by atoms with Gasteiger partial charge in [0.25, 0.3) is 0 Å². The summed E-state index contributed by atoms with van der Waals surface area (Å²) in [5.41, 5.74) is 1.79. The van der Waals surface area contributed by atoms with Gasteiger partial charge in [-0.25, -0.2) is 4.39 Å². The SMILES string of the molecule is CCNC[C@@H](O)[C@H](c1cccc(F)c1)n1ccc2ccccc21. The molecular weight excluding hydrogens is 291 g/mol. The van der Waals surface area contributed by atoms with Crippen molar-refractivity contribution in [2.75, 3.05) is 13.1 Å². The maximum Gasteiger partial charge on any atom is 0.123 e. The quantitative estimate of drug-likeness (QED) is 0.732. The Labute approximate surface area is 135 Å². The minimum absolute atomic E-state index is 0.292. The van der Waals surface area contributed by atoms with Crippen molar-refractivity contribution >= 4 is 10.9 Å². The molecule has 0 aliphatic carbocycles. The van der Waals surface area contributed by atoms with Gasteiger partial charge in [0, 0.05) is 18.3 Å². The highest BCUT2D eigenvalue weighted by Gasteiger charge is 2.24. The van der Waals surface area contributed by atoms with Gasteiger partial charge in [-0.3, -0.25) is 0 Å². The molecule has 0 radical (unpaired) electrons. The number of halogens is 1. The zero-order valence-electron chi connectivity index (χ0n) is 13.1. The molecule has 0 bridgehead atoms. The third kappa shape index (κ3) is 3.28. The molecule has 0 aliphatic heterocycles. The third-order valence-electron chi connectivity index (χ3n) is 4.09. The number of likely N-dealkylation sites (N-methyl/N-ethyl adjacent to an activating group) is 1. The van der Waals surface area contributed by atoms with Gasteiger partial charge in [-0.15, -0.1) is 0 Å². The number of aromatic nitrogens is 1. The summed E-state index contributed by atoms with van der Waals surface area (Å²) >= 11 is 0. The van der Waals surface area contributed by atoms with Gasteiger partial charge >= 0.3 is 0 Å². The van der Waals surface area contributed by atoms with Crippen molar-refractivity contribution in [3.8, 4) is 0 Å².